The number of anilines is 1. The molecule has 0 amide bonds. The predicted molar refractivity (Wildman–Crippen MR) is 117 cm³/mol. The maximum absolute atomic E-state index is 12.7. The quantitative estimate of drug-likeness (QED) is 0.320. The number of hydrogen-bond donors (Lipinski definition) is 2. The van der Waals surface area contributed by atoms with Gasteiger partial charge in [0.2, 0.25) is 10.0 Å². The van der Waals surface area contributed by atoms with Crippen molar-refractivity contribution in [2.45, 2.75) is 25.7 Å². The highest BCUT2D eigenvalue weighted by molar-refractivity contribution is 7.89. The molecule has 0 aliphatic carbocycles. The number of sulfonamides is 1. The summed E-state index contributed by atoms with van der Waals surface area (Å²) in [5.74, 6) is 0. The fourth-order valence-corrected chi connectivity index (χ4v) is 4.74. The van der Waals surface area contributed by atoms with Gasteiger partial charge in [0.25, 0.3) is 5.69 Å². The van der Waals surface area contributed by atoms with Crippen LogP contribution in [0.3, 0.4) is 0 Å². The minimum atomic E-state index is -3.80. The van der Waals surface area contributed by atoms with E-state index in [1.165, 1.54) is 16.4 Å². The summed E-state index contributed by atoms with van der Waals surface area (Å²) in [5.41, 5.74) is 5.15. The summed E-state index contributed by atoms with van der Waals surface area (Å²) >= 11 is 0. The van der Waals surface area contributed by atoms with Gasteiger partial charge in [-0.15, -0.1) is 0 Å². The SMILES string of the molecule is CCN(CC)S(=O)(=O)c1ccc(N/N=C/c2c(C)[nH]c3ccccc23)c([N+](=O)[O-])c1. The molecule has 0 radical (unpaired) electrons. The molecule has 2 N–H and O–H groups in total. The van der Waals surface area contributed by atoms with Gasteiger partial charge >= 0.3 is 0 Å². The third-order valence-electron chi connectivity index (χ3n) is 4.83. The van der Waals surface area contributed by atoms with Crippen molar-refractivity contribution in [3.05, 3.63) is 63.8 Å². The molecule has 0 aliphatic rings. The number of hydrogen-bond acceptors (Lipinski definition) is 6. The number of nitrogens with zero attached hydrogens (tertiary/aromatic N) is 3. The molecule has 0 bridgehead atoms. The Morgan fingerprint density at radius 2 is 1.90 bits per heavy atom. The summed E-state index contributed by atoms with van der Waals surface area (Å²) in [7, 11) is -3.80. The molecule has 0 atom stereocenters. The van der Waals surface area contributed by atoms with Gasteiger partial charge in [0, 0.05) is 41.3 Å². The number of nitro benzene ring substituents is 1. The smallest absolute Gasteiger partial charge is 0.295 e. The third-order valence-corrected chi connectivity index (χ3v) is 6.88. The lowest BCUT2D eigenvalue weighted by Crippen LogP contribution is -2.30. The van der Waals surface area contributed by atoms with E-state index in [0.717, 1.165) is 28.2 Å². The van der Waals surface area contributed by atoms with Crippen molar-refractivity contribution >= 4 is 38.5 Å². The molecule has 1 aromatic heterocycles. The molecule has 1 heterocycles. The molecule has 0 spiro atoms. The van der Waals surface area contributed by atoms with Crippen LogP contribution in [-0.4, -0.2) is 41.9 Å². The average Bonchev–Trinajstić information content (AvgIpc) is 3.04. The molecule has 0 unspecified atom stereocenters. The van der Waals surface area contributed by atoms with E-state index < -0.39 is 14.9 Å². The Hall–Kier alpha value is -3.24. The zero-order chi connectivity index (χ0) is 21.9. The Bertz CT molecular complexity index is 1210. The zero-order valence-corrected chi connectivity index (χ0v) is 17.7. The fourth-order valence-electron chi connectivity index (χ4n) is 3.26. The summed E-state index contributed by atoms with van der Waals surface area (Å²) in [6, 6.07) is 11.5. The summed E-state index contributed by atoms with van der Waals surface area (Å²) in [4.78, 5) is 14.0. The van der Waals surface area contributed by atoms with Gasteiger partial charge in [0.1, 0.15) is 5.69 Å². The lowest BCUT2D eigenvalue weighted by Gasteiger charge is -2.18. The van der Waals surface area contributed by atoms with E-state index in [1.807, 2.05) is 31.2 Å². The first kappa shape index (κ1) is 21.5. The monoisotopic (exact) mass is 429 g/mol. The lowest BCUT2D eigenvalue weighted by atomic mass is 10.1. The van der Waals surface area contributed by atoms with Crippen molar-refractivity contribution in [3.8, 4) is 0 Å². The second-order valence-corrected chi connectivity index (χ2v) is 8.54. The molecular formula is C20H23N5O4S. The van der Waals surface area contributed by atoms with Gasteiger partial charge in [-0.05, 0) is 25.1 Å². The number of aromatic amines is 1. The van der Waals surface area contributed by atoms with Crippen molar-refractivity contribution in [2.75, 3.05) is 18.5 Å². The van der Waals surface area contributed by atoms with E-state index in [2.05, 4.69) is 15.5 Å². The van der Waals surface area contributed by atoms with Crippen LogP contribution >= 0.6 is 0 Å². The number of nitrogens with one attached hydrogen (secondary N) is 2. The Balaban J connectivity index is 1.92. The van der Waals surface area contributed by atoms with Gasteiger partial charge in [-0.3, -0.25) is 15.5 Å². The van der Waals surface area contributed by atoms with Crippen LogP contribution in [0.1, 0.15) is 25.1 Å². The molecule has 3 aromatic rings. The maximum Gasteiger partial charge on any atom is 0.295 e. The summed E-state index contributed by atoms with van der Waals surface area (Å²) in [6.07, 6.45) is 1.58. The zero-order valence-electron chi connectivity index (χ0n) is 16.9. The van der Waals surface area contributed by atoms with Crippen molar-refractivity contribution in [3.63, 3.8) is 0 Å². The highest BCUT2D eigenvalue weighted by atomic mass is 32.2. The number of rotatable bonds is 8. The second-order valence-electron chi connectivity index (χ2n) is 6.60. The van der Waals surface area contributed by atoms with Gasteiger partial charge in [0.15, 0.2) is 0 Å². The predicted octanol–water partition coefficient (Wildman–Crippen LogP) is 3.86. The summed E-state index contributed by atoms with van der Waals surface area (Å²) in [6.45, 7) is 5.90. The van der Waals surface area contributed by atoms with E-state index in [-0.39, 0.29) is 29.4 Å². The van der Waals surface area contributed by atoms with Crippen molar-refractivity contribution in [1.29, 1.82) is 0 Å². The number of H-pyrrole nitrogens is 1. The maximum atomic E-state index is 12.7. The van der Waals surface area contributed by atoms with E-state index in [4.69, 9.17) is 0 Å². The summed E-state index contributed by atoms with van der Waals surface area (Å²) < 4.78 is 26.6. The number of hydrazone groups is 1. The Morgan fingerprint density at radius 1 is 1.20 bits per heavy atom. The normalized spacial score (nSPS) is 12.1. The average molecular weight is 430 g/mol. The lowest BCUT2D eigenvalue weighted by molar-refractivity contribution is -0.384. The van der Waals surface area contributed by atoms with Crippen LogP contribution in [0, 0.1) is 17.0 Å². The van der Waals surface area contributed by atoms with Gasteiger partial charge in [-0.25, -0.2) is 8.42 Å². The third kappa shape index (κ3) is 4.05. The molecule has 0 aliphatic heterocycles. The molecule has 2 aromatic carbocycles. The molecule has 9 nitrogen and oxygen atoms in total. The number of para-hydroxylation sites is 1. The number of benzene rings is 2. The Morgan fingerprint density at radius 3 is 2.57 bits per heavy atom. The van der Waals surface area contributed by atoms with Crippen LogP contribution in [0.15, 0.2) is 52.5 Å². The van der Waals surface area contributed by atoms with Crippen molar-refractivity contribution in [2.24, 2.45) is 5.10 Å². The van der Waals surface area contributed by atoms with Crippen LogP contribution in [0.4, 0.5) is 11.4 Å². The van der Waals surface area contributed by atoms with Crippen LogP contribution in [0.5, 0.6) is 0 Å². The first-order valence-corrected chi connectivity index (χ1v) is 10.9. The number of aryl methyl sites for hydroxylation is 1. The highest BCUT2D eigenvalue weighted by Crippen LogP contribution is 2.29. The Labute approximate surface area is 174 Å². The van der Waals surface area contributed by atoms with E-state index in [9.17, 15) is 18.5 Å². The van der Waals surface area contributed by atoms with Crippen molar-refractivity contribution in [1.82, 2.24) is 9.29 Å². The van der Waals surface area contributed by atoms with E-state index in [0.29, 0.717) is 0 Å². The van der Waals surface area contributed by atoms with E-state index in [1.54, 1.807) is 20.1 Å². The van der Waals surface area contributed by atoms with Crippen LogP contribution in [-0.2, 0) is 10.0 Å². The van der Waals surface area contributed by atoms with Gasteiger partial charge in [-0.2, -0.15) is 9.41 Å². The largest absolute Gasteiger partial charge is 0.358 e. The first-order chi connectivity index (χ1) is 14.3. The van der Waals surface area contributed by atoms with Gasteiger partial charge in [0.05, 0.1) is 16.0 Å². The first-order valence-electron chi connectivity index (χ1n) is 9.44. The standard InChI is InChI=1S/C20H23N5O4S/c1-4-24(5-2)30(28,29)15-10-11-19(20(12-15)25(26)27)23-21-13-17-14(3)22-18-9-7-6-8-16(17)18/h6-13,22-23H,4-5H2,1-3H3/b21-13+. The number of nitro groups is 1. The fraction of sp³-hybridized carbons (Fsp3) is 0.250. The molecule has 10 heteroatoms. The summed E-state index contributed by atoms with van der Waals surface area (Å²) in [5, 5.41) is 16.7. The Kier molecular flexibility index (Phi) is 6.18. The minimum absolute atomic E-state index is 0.104. The number of aromatic nitrogens is 1. The van der Waals surface area contributed by atoms with Crippen molar-refractivity contribution < 1.29 is 13.3 Å². The molecule has 30 heavy (non-hydrogen) atoms. The topological polar surface area (TPSA) is 121 Å². The van der Waals surface area contributed by atoms with Crippen LogP contribution in [0.2, 0.25) is 0 Å². The number of fused-ring (bicyclic) bond motifs is 1. The van der Waals surface area contributed by atoms with Gasteiger partial charge in [-0.1, -0.05) is 32.0 Å². The molecule has 0 saturated carbocycles. The van der Waals surface area contributed by atoms with E-state index >= 15 is 0 Å². The molecule has 0 saturated heterocycles. The molecular weight excluding hydrogens is 406 g/mol. The van der Waals surface area contributed by atoms with Gasteiger partial charge < -0.3 is 4.98 Å². The van der Waals surface area contributed by atoms with Crippen LogP contribution < -0.4 is 5.43 Å². The second kappa shape index (κ2) is 8.64. The minimum Gasteiger partial charge on any atom is -0.358 e. The van der Waals surface area contributed by atoms with Crippen LogP contribution in [0.25, 0.3) is 10.9 Å². The molecule has 0 fully saturated rings. The molecule has 3 rings (SSSR count). The highest BCUT2D eigenvalue weighted by Gasteiger charge is 2.25. The molecule has 158 valence electrons.